The predicted octanol–water partition coefficient (Wildman–Crippen LogP) is 2.56. The van der Waals surface area contributed by atoms with E-state index in [1.807, 2.05) is 0 Å². The third-order valence-corrected chi connectivity index (χ3v) is 4.52. The predicted molar refractivity (Wildman–Crippen MR) is 86.5 cm³/mol. The van der Waals surface area contributed by atoms with E-state index in [2.05, 4.69) is 15.5 Å². The van der Waals surface area contributed by atoms with Crippen molar-refractivity contribution in [3.05, 3.63) is 24.3 Å². The number of aliphatic carboxylic acids is 1. The second-order valence-corrected chi connectivity index (χ2v) is 6.34. The van der Waals surface area contributed by atoms with Crippen LogP contribution in [-0.2, 0) is 16.0 Å². The number of aromatic nitrogens is 2. The van der Waals surface area contributed by atoms with Crippen molar-refractivity contribution >= 4 is 11.9 Å². The summed E-state index contributed by atoms with van der Waals surface area (Å²) in [6.07, 6.45) is 6.41. The fourth-order valence-corrected chi connectivity index (χ4v) is 3.14. The molecule has 1 saturated carbocycles. The Morgan fingerprint density at radius 1 is 1.24 bits per heavy atom. The average Bonchev–Trinajstić information content (AvgIpc) is 3.22. The Morgan fingerprint density at radius 3 is 2.64 bits per heavy atom. The maximum atomic E-state index is 12.3. The Hall–Kier alpha value is -2.64. The van der Waals surface area contributed by atoms with E-state index >= 15 is 0 Å². The zero-order valence-corrected chi connectivity index (χ0v) is 13.9. The van der Waals surface area contributed by atoms with Crippen LogP contribution in [0.2, 0.25) is 0 Å². The van der Waals surface area contributed by atoms with Crippen LogP contribution in [0.15, 0.2) is 27.3 Å². The summed E-state index contributed by atoms with van der Waals surface area (Å²) in [5, 5.41) is 16.1. The fraction of sp³-hybridized carbons (Fsp3) is 0.529. The molecule has 1 amide bonds. The molecular formula is C17H21N3O5. The number of aryl methyl sites for hydroxylation is 1. The molecule has 2 heterocycles. The van der Waals surface area contributed by atoms with Crippen molar-refractivity contribution < 1.29 is 23.6 Å². The molecule has 2 N–H and O–H groups in total. The summed E-state index contributed by atoms with van der Waals surface area (Å²) in [7, 11) is 0. The van der Waals surface area contributed by atoms with Crippen LogP contribution in [0.3, 0.4) is 0 Å². The molecule has 0 aliphatic heterocycles. The minimum atomic E-state index is -1.15. The second-order valence-electron chi connectivity index (χ2n) is 6.34. The van der Waals surface area contributed by atoms with Crippen molar-refractivity contribution in [2.45, 2.75) is 56.9 Å². The number of nitrogens with zero attached hydrogens (tertiary/aromatic N) is 2. The largest absolute Gasteiger partial charge is 0.480 e. The Morgan fingerprint density at radius 2 is 2.00 bits per heavy atom. The first-order valence-electron chi connectivity index (χ1n) is 8.50. The van der Waals surface area contributed by atoms with E-state index in [1.54, 1.807) is 12.1 Å². The zero-order valence-electron chi connectivity index (χ0n) is 13.9. The van der Waals surface area contributed by atoms with Crippen LogP contribution in [0.5, 0.6) is 0 Å². The molecule has 25 heavy (non-hydrogen) atoms. The molecule has 0 atom stereocenters. The second kappa shape index (κ2) is 7.50. The van der Waals surface area contributed by atoms with Gasteiger partial charge in [-0.15, -0.1) is 0 Å². The van der Waals surface area contributed by atoms with Crippen LogP contribution < -0.4 is 5.32 Å². The molecular weight excluding hydrogens is 326 g/mol. The first kappa shape index (κ1) is 17.2. The molecule has 2 aromatic heterocycles. The number of carbonyl (C=O) groups excluding carboxylic acids is 1. The summed E-state index contributed by atoms with van der Waals surface area (Å²) in [4.78, 5) is 28.1. The van der Waals surface area contributed by atoms with E-state index in [0.717, 1.165) is 25.7 Å². The van der Waals surface area contributed by atoms with Gasteiger partial charge in [-0.05, 0) is 25.0 Å². The molecule has 1 aliphatic rings. The maximum absolute atomic E-state index is 12.3. The van der Waals surface area contributed by atoms with Gasteiger partial charge < -0.3 is 19.4 Å². The van der Waals surface area contributed by atoms with Gasteiger partial charge in [0.05, 0.1) is 6.26 Å². The van der Waals surface area contributed by atoms with Crippen molar-refractivity contribution in [3.63, 3.8) is 0 Å². The molecule has 1 aliphatic carbocycles. The van der Waals surface area contributed by atoms with Gasteiger partial charge in [0.15, 0.2) is 5.76 Å². The summed E-state index contributed by atoms with van der Waals surface area (Å²) in [6, 6.07) is 3.43. The van der Waals surface area contributed by atoms with Crippen LogP contribution >= 0.6 is 0 Å². The van der Waals surface area contributed by atoms with Gasteiger partial charge in [0.2, 0.25) is 17.6 Å². The van der Waals surface area contributed by atoms with Crippen LogP contribution in [-0.4, -0.2) is 32.7 Å². The molecule has 0 radical (unpaired) electrons. The number of hydrogen-bond donors (Lipinski definition) is 2. The van der Waals surface area contributed by atoms with Crippen LogP contribution in [0.4, 0.5) is 0 Å². The van der Waals surface area contributed by atoms with E-state index < -0.39 is 11.5 Å². The van der Waals surface area contributed by atoms with E-state index in [-0.39, 0.29) is 18.7 Å². The highest BCUT2D eigenvalue weighted by Gasteiger charge is 2.39. The minimum Gasteiger partial charge on any atom is -0.480 e. The summed E-state index contributed by atoms with van der Waals surface area (Å²) >= 11 is 0. The minimum absolute atomic E-state index is 0.0921. The van der Waals surface area contributed by atoms with E-state index in [4.69, 9.17) is 8.94 Å². The summed E-state index contributed by atoms with van der Waals surface area (Å²) in [5.41, 5.74) is -1.15. The van der Waals surface area contributed by atoms with Crippen LogP contribution in [0, 0.1) is 0 Å². The third-order valence-electron chi connectivity index (χ3n) is 4.52. The van der Waals surface area contributed by atoms with Gasteiger partial charge >= 0.3 is 5.97 Å². The molecule has 2 aromatic rings. The topological polar surface area (TPSA) is 118 Å². The number of rotatable bonds is 6. The molecule has 8 nitrogen and oxygen atoms in total. The van der Waals surface area contributed by atoms with Crippen LogP contribution in [0.1, 0.15) is 50.8 Å². The Balaban J connectivity index is 1.57. The van der Waals surface area contributed by atoms with Gasteiger partial charge in [0.25, 0.3) is 0 Å². The average molecular weight is 347 g/mol. The van der Waals surface area contributed by atoms with E-state index in [1.165, 1.54) is 6.26 Å². The standard InChI is InChI=1S/C17H21N3O5/c21-13(19-17(16(22)23)9-3-1-2-4-10-17)7-8-14-18-15(20-25-14)12-6-5-11-24-12/h5-6,11H,1-4,7-10H2,(H,19,21)(H,22,23). The van der Waals surface area contributed by atoms with Crippen molar-refractivity contribution in [1.29, 1.82) is 0 Å². The van der Waals surface area contributed by atoms with Gasteiger partial charge in [0, 0.05) is 12.8 Å². The normalized spacial score (nSPS) is 17.0. The lowest BCUT2D eigenvalue weighted by Crippen LogP contribution is -2.54. The molecule has 0 bridgehead atoms. The van der Waals surface area contributed by atoms with Gasteiger partial charge in [-0.2, -0.15) is 4.98 Å². The highest BCUT2D eigenvalue weighted by Crippen LogP contribution is 2.27. The first-order chi connectivity index (χ1) is 12.1. The molecule has 134 valence electrons. The number of carboxylic acids is 1. The highest BCUT2D eigenvalue weighted by molar-refractivity contribution is 5.87. The van der Waals surface area contributed by atoms with Gasteiger partial charge in [-0.25, -0.2) is 4.79 Å². The molecule has 3 rings (SSSR count). The van der Waals surface area contributed by atoms with Gasteiger partial charge in [0.1, 0.15) is 5.54 Å². The number of carboxylic acid groups (broad SMARTS) is 1. The summed E-state index contributed by atoms with van der Waals surface area (Å²) in [5.74, 6) is -0.150. The molecule has 0 spiro atoms. The maximum Gasteiger partial charge on any atom is 0.329 e. The number of carbonyl (C=O) groups is 2. The summed E-state index contributed by atoms with van der Waals surface area (Å²) < 4.78 is 10.3. The Bertz CT molecular complexity index is 714. The highest BCUT2D eigenvalue weighted by atomic mass is 16.5. The Labute approximate surface area is 144 Å². The number of nitrogens with one attached hydrogen (secondary N) is 1. The number of hydrogen-bond acceptors (Lipinski definition) is 6. The monoisotopic (exact) mass is 347 g/mol. The van der Waals surface area contributed by atoms with Crippen molar-refractivity contribution in [3.8, 4) is 11.6 Å². The quantitative estimate of drug-likeness (QED) is 0.771. The van der Waals surface area contributed by atoms with Crippen molar-refractivity contribution in [1.82, 2.24) is 15.5 Å². The first-order valence-corrected chi connectivity index (χ1v) is 8.50. The van der Waals surface area contributed by atoms with Crippen molar-refractivity contribution in [2.75, 3.05) is 0 Å². The number of furan rings is 1. The van der Waals surface area contributed by atoms with E-state index in [9.17, 15) is 14.7 Å². The molecule has 8 heteroatoms. The smallest absolute Gasteiger partial charge is 0.329 e. The molecule has 0 aromatic carbocycles. The molecule has 0 unspecified atom stereocenters. The zero-order chi connectivity index (χ0) is 17.7. The lowest BCUT2D eigenvalue weighted by molar-refractivity contribution is -0.148. The lowest BCUT2D eigenvalue weighted by Gasteiger charge is -2.29. The third kappa shape index (κ3) is 4.07. The van der Waals surface area contributed by atoms with E-state index in [0.29, 0.717) is 30.3 Å². The molecule has 0 saturated heterocycles. The van der Waals surface area contributed by atoms with Crippen LogP contribution in [0.25, 0.3) is 11.6 Å². The van der Waals surface area contributed by atoms with Gasteiger partial charge in [-0.3, -0.25) is 4.79 Å². The fourth-order valence-electron chi connectivity index (χ4n) is 3.14. The SMILES string of the molecule is O=C(CCc1nc(-c2ccco2)no1)NC1(C(=O)O)CCCCCC1. The number of amides is 1. The summed E-state index contributed by atoms with van der Waals surface area (Å²) in [6.45, 7) is 0. The lowest BCUT2D eigenvalue weighted by atomic mass is 9.90. The van der Waals surface area contributed by atoms with Gasteiger partial charge in [-0.1, -0.05) is 30.8 Å². The Kier molecular flexibility index (Phi) is 5.16. The molecule has 1 fully saturated rings. The van der Waals surface area contributed by atoms with Crippen molar-refractivity contribution in [2.24, 2.45) is 0 Å².